The average molecular weight is 215 g/mol. The summed E-state index contributed by atoms with van der Waals surface area (Å²) >= 11 is 5.40. The monoisotopic (exact) mass is 214 g/mol. The van der Waals surface area contributed by atoms with E-state index in [1.165, 1.54) is 0 Å². The van der Waals surface area contributed by atoms with Crippen molar-refractivity contribution in [3.05, 3.63) is 0 Å². The van der Waals surface area contributed by atoms with Gasteiger partial charge < -0.3 is 30.3 Å². The molecule has 7 heteroatoms. The number of halogens is 1. The lowest BCUT2D eigenvalue weighted by molar-refractivity contribution is -0.298. The zero-order chi connectivity index (χ0) is 10.2. The normalized spacial score (nSPS) is 52.2. The Kier molecular flexibility index (Phi) is 3.13. The molecule has 0 bridgehead atoms. The lowest BCUT2D eigenvalue weighted by Gasteiger charge is -2.42. The van der Waals surface area contributed by atoms with Crippen LogP contribution in [0.25, 0.3) is 0 Å². The van der Waals surface area contributed by atoms with E-state index in [0.29, 0.717) is 0 Å². The maximum Gasteiger partial charge on any atom is 0.196 e. The Balaban J connectivity index is 2.82. The molecular weight excluding hydrogens is 204 g/mol. The first-order valence-electron chi connectivity index (χ1n) is 3.63. The Morgan fingerprint density at radius 3 is 2.31 bits per heavy atom. The molecule has 0 spiro atoms. The van der Waals surface area contributed by atoms with E-state index in [1.807, 2.05) is 0 Å². The van der Waals surface area contributed by atoms with Gasteiger partial charge in [-0.15, -0.1) is 0 Å². The van der Waals surface area contributed by atoms with E-state index in [-0.39, 0.29) is 0 Å². The first kappa shape index (κ1) is 11.1. The minimum atomic E-state index is -2.30. The predicted octanol–water partition coefficient (Wildman–Crippen LogP) is -2.65. The number of aliphatic hydroxyl groups is 5. The van der Waals surface area contributed by atoms with Gasteiger partial charge in [-0.2, -0.15) is 0 Å². The maximum atomic E-state index is 9.35. The van der Waals surface area contributed by atoms with Crippen LogP contribution in [0.3, 0.4) is 0 Å². The molecule has 1 aliphatic rings. The molecule has 5 atom stereocenters. The predicted molar refractivity (Wildman–Crippen MR) is 40.8 cm³/mol. The molecule has 0 saturated carbocycles. The van der Waals surface area contributed by atoms with Crippen molar-refractivity contribution in [3.8, 4) is 0 Å². The summed E-state index contributed by atoms with van der Waals surface area (Å²) in [5.74, 6) is 0. The van der Waals surface area contributed by atoms with Crippen LogP contribution < -0.4 is 0 Å². The highest BCUT2D eigenvalue weighted by Crippen LogP contribution is 2.32. The van der Waals surface area contributed by atoms with Crippen LogP contribution in [-0.4, -0.2) is 61.8 Å². The van der Waals surface area contributed by atoms with Crippen LogP contribution in [0.5, 0.6) is 0 Å². The molecule has 5 N–H and O–H groups in total. The maximum absolute atomic E-state index is 9.35. The van der Waals surface area contributed by atoms with Crippen LogP contribution in [0, 0.1) is 0 Å². The Hall–Kier alpha value is 0.0500. The highest BCUT2D eigenvalue weighted by atomic mass is 35.5. The van der Waals surface area contributed by atoms with Crippen LogP contribution in [-0.2, 0) is 4.74 Å². The third kappa shape index (κ3) is 1.79. The van der Waals surface area contributed by atoms with E-state index in [1.54, 1.807) is 0 Å². The number of aliphatic hydroxyl groups excluding tert-OH is 4. The van der Waals surface area contributed by atoms with E-state index in [0.717, 1.165) is 0 Å². The van der Waals surface area contributed by atoms with Crippen molar-refractivity contribution in [1.29, 1.82) is 0 Å². The molecule has 6 nitrogen and oxygen atoms in total. The molecule has 0 amide bonds. The number of hydrogen-bond acceptors (Lipinski definition) is 6. The second-order valence-electron chi connectivity index (χ2n) is 2.86. The van der Waals surface area contributed by atoms with Crippen LogP contribution in [0.2, 0.25) is 0 Å². The molecule has 0 aromatic carbocycles. The molecule has 1 rings (SSSR count). The van der Waals surface area contributed by atoms with Gasteiger partial charge in [-0.3, -0.25) is 0 Å². The van der Waals surface area contributed by atoms with Crippen molar-refractivity contribution in [3.63, 3.8) is 0 Å². The van der Waals surface area contributed by atoms with E-state index in [2.05, 4.69) is 4.74 Å². The molecule has 1 aliphatic heterocycles. The van der Waals surface area contributed by atoms with E-state index < -0.39 is 36.3 Å². The standard InChI is InChI=1S/C6H11ClO6/c7-6(12)2(1-8)13-5(11)3(9)4(6)10/h2-5,8-12H,1H2/t2-,3-,4-,5?,6+/m1/s1. The summed E-state index contributed by atoms with van der Waals surface area (Å²) in [6.45, 7) is -0.680. The lowest BCUT2D eigenvalue weighted by Crippen LogP contribution is -2.64. The Morgan fingerprint density at radius 2 is 1.85 bits per heavy atom. The quantitative estimate of drug-likeness (QED) is 0.305. The SMILES string of the molecule is OC[C@H]1OC(O)[C@H](O)[C@@H](O)[C@]1(O)Cl. The lowest BCUT2D eigenvalue weighted by atomic mass is 9.99. The van der Waals surface area contributed by atoms with Gasteiger partial charge in [0.2, 0.25) is 0 Å². The molecule has 1 heterocycles. The molecule has 0 aromatic rings. The number of rotatable bonds is 1. The average Bonchev–Trinajstić information content (AvgIpc) is 2.08. The van der Waals surface area contributed by atoms with Crippen molar-refractivity contribution in [2.45, 2.75) is 29.7 Å². The largest absolute Gasteiger partial charge is 0.394 e. The summed E-state index contributed by atoms with van der Waals surface area (Å²) in [5.41, 5.74) is 0. The number of hydrogen-bond donors (Lipinski definition) is 5. The molecule has 13 heavy (non-hydrogen) atoms. The van der Waals surface area contributed by atoms with Gasteiger partial charge in [-0.05, 0) is 0 Å². The second-order valence-corrected chi connectivity index (χ2v) is 3.47. The Morgan fingerprint density at radius 1 is 1.31 bits per heavy atom. The summed E-state index contributed by atoms with van der Waals surface area (Å²) in [4.78, 5) is 0. The van der Waals surface area contributed by atoms with Gasteiger partial charge >= 0.3 is 0 Å². The van der Waals surface area contributed by atoms with Gasteiger partial charge in [-0.25, -0.2) is 0 Å². The molecule has 78 valence electrons. The third-order valence-electron chi connectivity index (χ3n) is 1.95. The molecule has 1 unspecified atom stereocenters. The minimum absolute atomic E-state index is 0.680. The van der Waals surface area contributed by atoms with Crippen LogP contribution in [0.1, 0.15) is 0 Å². The molecule has 1 saturated heterocycles. The van der Waals surface area contributed by atoms with Gasteiger partial charge in [0.05, 0.1) is 6.61 Å². The highest BCUT2D eigenvalue weighted by Gasteiger charge is 2.53. The van der Waals surface area contributed by atoms with Crippen molar-refractivity contribution >= 4 is 11.6 Å². The van der Waals surface area contributed by atoms with E-state index in [4.69, 9.17) is 26.9 Å². The van der Waals surface area contributed by atoms with Gasteiger partial charge in [0.25, 0.3) is 0 Å². The summed E-state index contributed by atoms with van der Waals surface area (Å²) in [6, 6.07) is 0. The molecule has 0 radical (unpaired) electrons. The van der Waals surface area contributed by atoms with Crippen LogP contribution in [0.15, 0.2) is 0 Å². The summed E-state index contributed by atoms with van der Waals surface area (Å²) < 4.78 is 4.55. The van der Waals surface area contributed by atoms with Gasteiger partial charge in [0, 0.05) is 0 Å². The van der Waals surface area contributed by atoms with Crippen molar-refractivity contribution in [2.75, 3.05) is 6.61 Å². The smallest absolute Gasteiger partial charge is 0.196 e. The van der Waals surface area contributed by atoms with E-state index >= 15 is 0 Å². The Bertz CT molecular complexity index is 182. The molecule has 0 aromatic heterocycles. The fourth-order valence-electron chi connectivity index (χ4n) is 1.10. The van der Waals surface area contributed by atoms with Crippen molar-refractivity contribution < 1.29 is 30.3 Å². The number of ether oxygens (including phenoxy) is 1. The van der Waals surface area contributed by atoms with Crippen molar-refractivity contribution in [1.82, 2.24) is 0 Å². The highest BCUT2D eigenvalue weighted by molar-refractivity contribution is 6.23. The Labute approximate surface area is 78.9 Å². The summed E-state index contributed by atoms with van der Waals surface area (Å²) in [7, 11) is 0. The summed E-state index contributed by atoms with van der Waals surface area (Å²) in [5, 5.41) is 42.9. The van der Waals surface area contributed by atoms with Gasteiger partial charge in [-0.1, -0.05) is 11.6 Å². The first-order chi connectivity index (χ1) is 5.91. The second kappa shape index (κ2) is 3.66. The third-order valence-corrected chi connectivity index (χ3v) is 2.42. The molecule has 1 fully saturated rings. The van der Waals surface area contributed by atoms with Gasteiger partial charge in [0.15, 0.2) is 11.4 Å². The summed E-state index contributed by atoms with van der Waals surface area (Å²) in [6.07, 6.45) is -6.51. The zero-order valence-corrected chi connectivity index (χ0v) is 7.29. The minimum Gasteiger partial charge on any atom is -0.394 e. The van der Waals surface area contributed by atoms with Crippen LogP contribution in [0.4, 0.5) is 0 Å². The topological polar surface area (TPSA) is 110 Å². The van der Waals surface area contributed by atoms with E-state index in [9.17, 15) is 10.2 Å². The number of alkyl halides is 1. The van der Waals surface area contributed by atoms with Gasteiger partial charge in [0.1, 0.15) is 18.3 Å². The molecule has 0 aliphatic carbocycles. The van der Waals surface area contributed by atoms with Crippen LogP contribution >= 0.6 is 11.6 Å². The van der Waals surface area contributed by atoms with Crippen molar-refractivity contribution in [2.24, 2.45) is 0 Å². The fourth-order valence-corrected chi connectivity index (χ4v) is 1.35. The fraction of sp³-hybridized carbons (Fsp3) is 1.00. The first-order valence-corrected chi connectivity index (χ1v) is 4.01. The zero-order valence-electron chi connectivity index (χ0n) is 6.54. The molecular formula is C6H11ClO6.